The van der Waals surface area contributed by atoms with Gasteiger partial charge in [-0.25, -0.2) is 4.39 Å². The first-order valence-electron chi connectivity index (χ1n) is 10.1. The van der Waals surface area contributed by atoms with Gasteiger partial charge >= 0.3 is 0 Å². The topological polar surface area (TPSA) is 49.4 Å². The lowest BCUT2D eigenvalue weighted by atomic mass is 10.1. The number of carbonyl (C=O) groups excluding carboxylic acids is 2. The highest BCUT2D eigenvalue weighted by Crippen LogP contribution is 2.22. The quantitative estimate of drug-likeness (QED) is 0.373. The van der Waals surface area contributed by atoms with Gasteiger partial charge in [0.1, 0.15) is 11.9 Å². The molecule has 0 saturated heterocycles. The van der Waals surface area contributed by atoms with Crippen LogP contribution in [0.15, 0.2) is 53.4 Å². The molecule has 0 aliphatic carbocycles. The predicted molar refractivity (Wildman–Crippen MR) is 121 cm³/mol. The third-order valence-electron chi connectivity index (χ3n) is 4.62. The molecule has 1 atom stereocenters. The number of hydrogen-bond acceptors (Lipinski definition) is 3. The zero-order chi connectivity index (χ0) is 21.9. The van der Waals surface area contributed by atoms with E-state index in [1.54, 1.807) is 28.8 Å². The average molecular weight is 451 g/mol. The minimum atomic E-state index is -0.550. The Balaban J connectivity index is 2.01. The van der Waals surface area contributed by atoms with Gasteiger partial charge in [-0.3, -0.25) is 9.59 Å². The molecule has 7 heteroatoms. The third-order valence-corrected chi connectivity index (χ3v) is 5.97. The van der Waals surface area contributed by atoms with Gasteiger partial charge < -0.3 is 10.2 Å². The molecule has 2 amide bonds. The molecule has 0 aliphatic heterocycles. The maximum atomic E-state index is 13.2. The fraction of sp³-hybridized carbons (Fsp3) is 0.391. The number of rotatable bonds is 11. The van der Waals surface area contributed by atoms with Crippen LogP contribution in [-0.4, -0.2) is 35.1 Å². The molecule has 1 N–H and O–H groups in total. The van der Waals surface area contributed by atoms with Crippen LogP contribution in [0.5, 0.6) is 0 Å². The number of carbonyl (C=O) groups is 2. The summed E-state index contributed by atoms with van der Waals surface area (Å²) in [5, 5.41) is 3.51. The minimum absolute atomic E-state index is 0.0749. The Kier molecular flexibility index (Phi) is 10.2. The van der Waals surface area contributed by atoms with Gasteiger partial charge in [0.05, 0.1) is 0 Å². The second-order valence-corrected chi connectivity index (χ2v) is 8.48. The van der Waals surface area contributed by atoms with Gasteiger partial charge in [-0.2, -0.15) is 0 Å². The number of amides is 2. The van der Waals surface area contributed by atoms with Crippen molar-refractivity contribution in [1.29, 1.82) is 0 Å². The summed E-state index contributed by atoms with van der Waals surface area (Å²) in [5.74, 6) is 0.224. The van der Waals surface area contributed by atoms with Crippen LogP contribution in [0.1, 0.15) is 38.7 Å². The van der Waals surface area contributed by atoms with Crippen molar-refractivity contribution in [3.8, 4) is 0 Å². The molecule has 0 aliphatic rings. The molecule has 4 nitrogen and oxygen atoms in total. The summed E-state index contributed by atoms with van der Waals surface area (Å²) in [6, 6.07) is 13.1. The molecule has 30 heavy (non-hydrogen) atoms. The molecule has 2 rings (SSSR count). The van der Waals surface area contributed by atoms with E-state index in [0.717, 1.165) is 16.2 Å². The van der Waals surface area contributed by atoms with Crippen molar-refractivity contribution in [1.82, 2.24) is 10.2 Å². The third kappa shape index (κ3) is 7.65. The highest BCUT2D eigenvalue weighted by molar-refractivity contribution is 7.99. The lowest BCUT2D eigenvalue weighted by molar-refractivity contribution is -0.141. The van der Waals surface area contributed by atoms with Gasteiger partial charge in [-0.15, -0.1) is 11.8 Å². The van der Waals surface area contributed by atoms with E-state index in [0.29, 0.717) is 30.8 Å². The normalized spacial score (nSPS) is 11.7. The number of hydrogen-bond donors (Lipinski definition) is 1. The first kappa shape index (κ1) is 24.2. The summed E-state index contributed by atoms with van der Waals surface area (Å²) >= 11 is 7.57. The van der Waals surface area contributed by atoms with Crippen molar-refractivity contribution in [2.75, 3.05) is 12.3 Å². The summed E-state index contributed by atoms with van der Waals surface area (Å²) in [4.78, 5) is 28.3. The Hall–Kier alpha value is -2.05. The lowest BCUT2D eigenvalue weighted by Crippen LogP contribution is -2.49. The molecule has 0 saturated carbocycles. The molecule has 2 aromatic rings. The summed E-state index contributed by atoms with van der Waals surface area (Å²) in [6.07, 6.45) is 1.55. The van der Waals surface area contributed by atoms with Crippen molar-refractivity contribution < 1.29 is 14.0 Å². The van der Waals surface area contributed by atoms with Gasteiger partial charge in [0.25, 0.3) is 0 Å². The summed E-state index contributed by atoms with van der Waals surface area (Å²) in [7, 11) is 0. The molecule has 2 aromatic carbocycles. The van der Waals surface area contributed by atoms with Crippen LogP contribution in [0.25, 0.3) is 0 Å². The Morgan fingerprint density at radius 1 is 1.10 bits per heavy atom. The van der Waals surface area contributed by atoms with E-state index in [1.165, 1.54) is 12.1 Å². The van der Waals surface area contributed by atoms with Crippen molar-refractivity contribution >= 4 is 35.2 Å². The van der Waals surface area contributed by atoms with E-state index in [9.17, 15) is 14.0 Å². The molecule has 0 fully saturated rings. The lowest BCUT2D eigenvalue weighted by Gasteiger charge is -2.30. The number of nitrogens with zero attached hydrogens (tertiary/aromatic N) is 1. The fourth-order valence-electron chi connectivity index (χ4n) is 3.09. The Morgan fingerprint density at radius 3 is 2.37 bits per heavy atom. The van der Waals surface area contributed by atoms with Crippen molar-refractivity contribution in [3.63, 3.8) is 0 Å². The van der Waals surface area contributed by atoms with Crippen molar-refractivity contribution in [2.45, 2.75) is 50.6 Å². The van der Waals surface area contributed by atoms with Gasteiger partial charge in [-0.1, -0.05) is 30.7 Å². The Labute approximate surface area is 187 Å². The molecule has 0 bridgehead atoms. The van der Waals surface area contributed by atoms with E-state index in [-0.39, 0.29) is 24.2 Å². The summed E-state index contributed by atoms with van der Waals surface area (Å²) in [5.41, 5.74) is 0.794. The monoisotopic (exact) mass is 450 g/mol. The smallest absolute Gasteiger partial charge is 0.242 e. The van der Waals surface area contributed by atoms with Crippen LogP contribution >= 0.6 is 23.4 Å². The second kappa shape index (κ2) is 12.6. The van der Waals surface area contributed by atoms with Crippen molar-refractivity contribution in [3.05, 3.63) is 64.9 Å². The highest BCUT2D eigenvalue weighted by atomic mass is 35.5. The number of nitrogens with one attached hydrogen (secondary N) is 1. The minimum Gasteiger partial charge on any atom is -0.355 e. The maximum Gasteiger partial charge on any atom is 0.242 e. The van der Waals surface area contributed by atoms with Crippen molar-refractivity contribution in [2.24, 2.45) is 0 Å². The molecule has 0 heterocycles. The Morgan fingerprint density at radius 2 is 1.77 bits per heavy atom. The first-order valence-corrected chi connectivity index (χ1v) is 11.5. The highest BCUT2D eigenvalue weighted by Gasteiger charge is 2.27. The molecule has 0 spiro atoms. The van der Waals surface area contributed by atoms with Crippen LogP contribution in [0, 0.1) is 5.82 Å². The van der Waals surface area contributed by atoms with Crippen LogP contribution in [0.3, 0.4) is 0 Å². The summed E-state index contributed by atoms with van der Waals surface area (Å²) in [6.45, 7) is 4.52. The van der Waals surface area contributed by atoms with Crippen LogP contribution < -0.4 is 5.32 Å². The van der Waals surface area contributed by atoms with Gasteiger partial charge in [0.2, 0.25) is 11.8 Å². The molecule has 162 valence electrons. The molecular weight excluding hydrogens is 423 g/mol. The van der Waals surface area contributed by atoms with Crippen LogP contribution in [0.4, 0.5) is 4.39 Å². The molecular formula is C23H28ClFN2O2S. The maximum absolute atomic E-state index is 13.2. The molecule has 0 radical (unpaired) electrons. The van der Waals surface area contributed by atoms with E-state index < -0.39 is 6.04 Å². The van der Waals surface area contributed by atoms with E-state index in [2.05, 4.69) is 5.32 Å². The first-order chi connectivity index (χ1) is 14.4. The van der Waals surface area contributed by atoms with Gasteiger partial charge in [0.15, 0.2) is 0 Å². The summed E-state index contributed by atoms with van der Waals surface area (Å²) < 4.78 is 13.2. The predicted octanol–water partition coefficient (Wildman–Crippen LogP) is 5.29. The van der Waals surface area contributed by atoms with Crippen LogP contribution in [-0.2, 0) is 16.1 Å². The van der Waals surface area contributed by atoms with Gasteiger partial charge in [-0.05, 0) is 67.5 Å². The fourth-order valence-corrected chi connectivity index (χ4v) is 4.06. The number of thioether (sulfide) groups is 1. The zero-order valence-electron chi connectivity index (χ0n) is 17.4. The van der Waals surface area contributed by atoms with Gasteiger partial charge in [0, 0.05) is 29.4 Å². The number of benzene rings is 2. The largest absolute Gasteiger partial charge is 0.355 e. The number of halogens is 2. The van der Waals surface area contributed by atoms with E-state index in [1.807, 2.05) is 38.1 Å². The Bertz CT molecular complexity index is 815. The zero-order valence-corrected chi connectivity index (χ0v) is 18.9. The number of likely N-dealkylation sites (N-methyl/N-ethyl adjacent to an activating group) is 1. The average Bonchev–Trinajstić information content (AvgIpc) is 2.74. The molecule has 0 unspecified atom stereocenters. The van der Waals surface area contributed by atoms with Crippen LogP contribution in [0.2, 0.25) is 5.02 Å². The standard InChI is InChI=1S/C23H28ClFN2O2S/c1-3-21(23(29)26-4-2)27(16-17-7-11-19(25)12-8-17)22(28)6-5-15-30-20-13-9-18(24)10-14-20/h7-14,21H,3-6,15-16H2,1-2H3,(H,26,29)/t21-/m0/s1. The van der Waals surface area contributed by atoms with E-state index in [4.69, 9.17) is 11.6 Å². The second-order valence-electron chi connectivity index (χ2n) is 6.87. The molecule has 0 aromatic heterocycles. The SMILES string of the molecule is CCNC(=O)[C@H](CC)N(Cc1ccc(F)cc1)C(=O)CCCSc1ccc(Cl)cc1. The van der Waals surface area contributed by atoms with E-state index >= 15 is 0 Å².